The number of anilines is 1. The van der Waals surface area contributed by atoms with Crippen LogP contribution < -0.4 is 14.4 Å². The normalized spacial score (nSPS) is 30.9. The summed E-state index contributed by atoms with van der Waals surface area (Å²) in [6, 6.07) is 11.5. The summed E-state index contributed by atoms with van der Waals surface area (Å²) >= 11 is 6.44. The summed E-state index contributed by atoms with van der Waals surface area (Å²) in [4.78, 5) is 30.6. The third-order valence-corrected chi connectivity index (χ3v) is 13.7. The van der Waals surface area contributed by atoms with E-state index in [1.54, 1.807) is 17.9 Å². The topological polar surface area (TPSA) is 96.0 Å². The van der Waals surface area contributed by atoms with Gasteiger partial charge in [-0.3, -0.25) is 9.59 Å². The van der Waals surface area contributed by atoms with E-state index in [-0.39, 0.29) is 23.2 Å². The molecule has 0 unspecified atom stereocenters. The van der Waals surface area contributed by atoms with E-state index in [9.17, 15) is 18.0 Å². The van der Waals surface area contributed by atoms with Gasteiger partial charge in [0.2, 0.25) is 15.9 Å². The van der Waals surface area contributed by atoms with Gasteiger partial charge in [-0.05, 0) is 117 Å². The third-order valence-electron chi connectivity index (χ3n) is 11.5. The van der Waals surface area contributed by atoms with Gasteiger partial charge in [-0.2, -0.15) is 0 Å². The predicted molar refractivity (Wildman–Crippen MR) is 182 cm³/mol. The summed E-state index contributed by atoms with van der Waals surface area (Å²) in [6.45, 7) is 5.63. The fourth-order valence-corrected chi connectivity index (χ4v) is 9.88. The van der Waals surface area contributed by atoms with Gasteiger partial charge < -0.3 is 14.5 Å². The number of carbonyl (C=O) groups excluding carboxylic acids is 2. The molecule has 4 aliphatic rings. The van der Waals surface area contributed by atoms with Crippen LogP contribution in [0.3, 0.4) is 0 Å². The number of sulfonamides is 1. The van der Waals surface area contributed by atoms with Crippen LogP contribution >= 0.6 is 11.6 Å². The lowest BCUT2D eigenvalue weighted by Gasteiger charge is -2.47. The van der Waals surface area contributed by atoms with Crippen molar-refractivity contribution in [3.05, 3.63) is 58.1 Å². The molecule has 2 amide bonds. The number of halogens is 1. The highest BCUT2D eigenvalue weighted by molar-refractivity contribution is 7.90. The first-order chi connectivity index (χ1) is 21.9. The third kappa shape index (κ3) is 6.51. The summed E-state index contributed by atoms with van der Waals surface area (Å²) in [5, 5.41) is 0.00615. The smallest absolute Gasteiger partial charge is 0.264 e. The molecule has 0 radical (unpaired) electrons. The summed E-state index contributed by atoms with van der Waals surface area (Å²) in [5.74, 6) is 1.14. The first kappa shape index (κ1) is 33.1. The van der Waals surface area contributed by atoms with Crippen molar-refractivity contribution in [3.63, 3.8) is 0 Å². The monoisotopic (exact) mass is 669 g/mol. The van der Waals surface area contributed by atoms with E-state index in [0.717, 1.165) is 68.7 Å². The van der Waals surface area contributed by atoms with E-state index in [0.29, 0.717) is 42.6 Å². The van der Waals surface area contributed by atoms with Gasteiger partial charge in [0.25, 0.3) is 5.91 Å². The molecule has 2 aromatic carbocycles. The molecule has 46 heavy (non-hydrogen) atoms. The van der Waals surface area contributed by atoms with Crippen molar-refractivity contribution in [3.8, 4) is 5.75 Å². The predicted octanol–water partition coefficient (Wildman–Crippen LogP) is 6.20. The van der Waals surface area contributed by atoms with Crippen molar-refractivity contribution in [2.45, 2.75) is 82.3 Å². The van der Waals surface area contributed by atoms with E-state index < -0.39 is 21.2 Å². The zero-order chi connectivity index (χ0) is 32.8. The maximum Gasteiger partial charge on any atom is 0.264 e. The summed E-state index contributed by atoms with van der Waals surface area (Å²) < 4.78 is 35.7. The van der Waals surface area contributed by atoms with Gasteiger partial charge in [0, 0.05) is 49.6 Å². The molecular weight excluding hydrogens is 622 g/mol. The fraction of sp³-hybridized carbons (Fsp3) is 0.611. The number of benzene rings is 2. The van der Waals surface area contributed by atoms with E-state index in [1.807, 2.05) is 39.2 Å². The second-order valence-corrected chi connectivity index (χ2v) is 17.1. The number of fused-ring (bicyclic) bond motifs is 4. The van der Waals surface area contributed by atoms with Gasteiger partial charge in [-0.25, -0.2) is 13.1 Å². The molecule has 0 saturated heterocycles. The summed E-state index contributed by atoms with van der Waals surface area (Å²) in [5.41, 5.74) is 3.40. The van der Waals surface area contributed by atoms with Crippen LogP contribution in [0.15, 0.2) is 36.4 Å². The van der Waals surface area contributed by atoms with Crippen molar-refractivity contribution in [1.82, 2.24) is 9.62 Å². The van der Waals surface area contributed by atoms with E-state index >= 15 is 0 Å². The second-order valence-electron chi connectivity index (χ2n) is 14.6. The average molecular weight is 670 g/mol. The van der Waals surface area contributed by atoms with Gasteiger partial charge in [0.05, 0.1) is 17.5 Å². The Morgan fingerprint density at radius 1 is 1.09 bits per heavy atom. The van der Waals surface area contributed by atoms with Crippen LogP contribution in [0, 0.1) is 23.7 Å². The van der Waals surface area contributed by atoms with Crippen molar-refractivity contribution in [2.75, 3.05) is 38.7 Å². The molecule has 2 bridgehead atoms. The highest BCUT2D eigenvalue weighted by atomic mass is 35.5. The Balaban J connectivity index is 1.41. The number of hydrogen-bond acceptors (Lipinski definition) is 6. The van der Waals surface area contributed by atoms with E-state index in [1.165, 1.54) is 11.1 Å². The molecule has 1 fully saturated rings. The van der Waals surface area contributed by atoms with Crippen LogP contribution in [0.1, 0.15) is 86.7 Å². The Bertz CT molecular complexity index is 1600. The molecule has 1 saturated carbocycles. The molecule has 8 nitrogen and oxygen atoms in total. The molecule has 2 aromatic rings. The van der Waals surface area contributed by atoms with Crippen LogP contribution in [-0.2, 0) is 26.7 Å². The first-order valence-electron chi connectivity index (χ1n) is 16.9. The molecule has 2 heterocycles. The largest absolute Gasteiger partial charge is 0.490 e. The van der Waals surface area contributed by atoms with Gasteiger partial charge in [-0.15, -0.1) is 0 Å². The molecule has 2 aliphatic heterocycles. The van der Waals surface area contributed by atoms with E-state index in [4.69, 9.17) is 16.3 Å². The number of hydrogen-bond donors (Lipinski definition) is 1. The summed E-state index contributed by atoms with van der Waals surface area (Å²) in [7, 11) is -0.267. The van der Waals surface area contributed by atoms with Crippen LogP contribution in [0.25, 0.3) is 0 Å². The Morgan fingerprint density at radius 2 is 1.89 bits per heavy atom. The number of nitrogens with zero attached hydrogens (tertiary/aromatic N) is 2. The van der Waals surface area contributed by atoms with Crippen LogP contribution in [-0.4, -0.2) is 64.2 Å². The number of ether oxygens (including phenoxy) is 1. The zero-order valence-corrected chi connectivity index (χ0v) is 29.1. The molecule has 1 N–H and O–H groups in total. The molecular formula is C36H48ClN3O5S. The lowest BCUT2D eigenvalue weighted by Crippen LogP contribution is -2.49. The highest BCUT2D eigenvalue weighted by Crippen LogP contribution is 2.48. The average Bonchev–Trinajstić information content (AvgIpc) is 3.14. The maximum atomic E-state index is 13.5. The van der Waals surface area contributed by atoms with Gasteiger partial charge >= 0.3 is 0 Å². The first-order valence-corrected chi connectivity index (χ1v) is 18.9. The van der Waals surface area contributed by atoms with Crippen LogP contribution in [0.4, 0.5) is 5.69 Å². The van der Waals surface area contributed by atoms with Crippen molar-refractivity contribution in [2.24, 2.45) is 23.7 Å². The number of rotatable bonds is 2. The summed E-state index contributed by atoms with van der Waals surface area (Å²) in [6.07, 6.45) is 8.11. The zero-order valence-electron chi connectivity index (χ0n) is 27.6. The quantitative estimate of drug-likeness (QED) is 0.409. The van der Waals surface area contributed by atoms with Gasteiger partial charge in [0.1, 0.15) is 5.75 Å². The minimum absolute atomic E-state index is 0.138. The highest BCUT2D eigenvalue weighted by Gasteiger charge is 2.45. The number of aryl methyl sites for hydroxylation is 1. The minimum Gasteiger partial charge on any atom is -0.490 e. The Kier molecular flexibility index (Phi) is 9.38. The molecule has 6 atom stereocenters. The number of nitrogens with one attached hydrogen (secondary N) is 1. The molecule has 1 spiro atoms. The van der Waals surface area contributed by atoms with Gasteiger partial charge in [0.15, 0.2) is 0 Å². The standard InChI is InChI=1S/C36H48ClN3O5S/c1-23-7-5-8-25(19-34(41)39(3)4)30-13-10-28(30)20-40-21-36(16-6-9-26-17-29(37)12-14-31(26)36)22-45-33-15-11-27(18-32(33)40)35(42)38-46(43,44)24(23)2/h11-12,14-15,17-18,23-25,28,30H,5-10,13,16,19-22H2,1-4H3,(H,38,42)/t23-,24+,25-,28-,30-,36-/m0/s1. The SMILES string of the molecule is C[C@@H]1[C@@H](C)CCC[C@@H](CC(=O)N(C)C)[C@@H]2CC[C@H]2CN2C[C@@]3(CCCc4cc(Cl)ccc43)COc3ccc(cc32)C(=O)NS1(=O)=O. The van der Waals surface area contributed by atoms with Crippen molar-refractivity contribution < 1.29 is 22.7 Å². The van der Waals surface area contributed by atoms with Crippen molar-refractivity contribution in [1.29, 1.82) is 0 Å². The van der Waals surface area contributed by atoms with Crippen LogP contribution in [0.5, 0.6) is 5.75 Å². The van der Waals surface area contributed by atoms with Gasteiger partial charge in [-0.1, -0.05) is 31.0 Å². The Labute approximate surface area is 279 Å². The maximum absolute atomic E-state index is 13.5. The van der Waals surface area contributed by atoms with Crippen LogP contribution in [0.2, 0.25) is 5.02 Å². The molecule has 250 valence electrons. The Morgan fingerprint density at radius 3 is 2.63 bits per heavy atom. The number of carbonyl (C=O) groups is 2. The molecule has 2 aliphatic carbocycles. The minimum atomic E-state index is -3.90. The fourth-order valence-electron chi connectivity index (χ4n) is 8.38. The second kappa shape index (κ2) is 13.0. The lowest BCUT2D eigenvalue weighted by atomic mass is 9.64. The molecule has 10 heteroatoms. The molecule has 6 rings (SSSR count). The molecule has 0 aromatic heterocycles. The Hall–Kier alpha value is -2.78. The van der Waals surface area contributed by atoms with Crippen molar-refractivity contribution >= 4 is 39.1 Å². The van der Waals surface area contributed by atoms with E-state index in [2.05, 4.69) is 21.8 Å². The number of amides is 2. The lowest BCUT2D eigenvalue weighted by molar-refractivity contribution is -0.130.